The molecule has 2 aromatic carbocycles. The lowest BCUT2D eigenvalue weighted by Crippen LogP contribution is -2.29. The van der Waals surface area contributed by atoms with Gasteiger partial charge in [0.2, 0.25) is 0 Å². The number of azo groups is 1. The van der Waals surface area contributed by atoms with Gasteiger partial charge in [-0.2, -0.15) is 10.2 Å². The first-order valence-electron chi connectivity index (χ1n) is 5.90. The molecule has 0 aliphatic carbocycles. The second-order valence-corrected chi connectivity index (χ2v) is 4.14. The smallest absolute Gasteiger partial charge is 0.423 e. The Hall–Kier alpha value is -1.99. The van der Waals surface area contributed by atoms with E-state index in [1.165, 1.54) is 12.1 Å². The molecule has 0 heterocycles. The van der Waals surface area contributed by atoms with E-state index in [9.17, 15) is 0 Å². The highest BCUT2D eigenvalue weighted by Crippen LogP contribution is 2.16. The first kappa shape index (κ1) is 14.4. The van der Waals surface area contributed by atoms with Crippen LogP contribution in [0.2, 0.25) is 0 Å². The van der Waals surface area contributed by atoms with Crippen molar-refractivity contribution in [1.82, 2.24) is 0 Å². The van der Waals surface area contributed by atoms with Gasteiger partial charge in [0.15, 0.2) is 0 Å². The summed E-state index contributed by atoms with van der Waals surface area (Å²) >= 11 is 0. The average molecular weight is 270 g/mol. The molecular formula is C12H12B2N2O4. The Morgan fingerprint density at radius 2 is 1.05 bits per heavy atom. The molecule has 20 heavy (non-hydrogen) atoms. The number of hydrogen-bond donors (Lipinski definition) is 4. The highest BCUT2D eigenvalue weighted by molar-refractivity contribution is 6.59. The van der Waals surface area contributed by atoms with Crippen molar-refractivity contribution in [2.75, 3.05) is 0 Å². The quantitative estimate of drug-likeness (QED) is 0.442. The van der Waals surface area contributed by atoms with Gasteiger partial charge in [-0.25, -0.2) is 0 Å². The molecule has 0 spiro atoms. The van der Waals surface area contributed by atoms with Gasteiger partial charge >= 0.3 is 14.2 Å². The minimum Gasteiger partial charge on any atom is -0.423 e. The number of hydrogen-bond acceptors (Lipinski definition) is 6. The van der Waals surface area contributed by atoms with Crippen LogP contribution in [0.4, 0.5) is 11.4 Å². The minimum atomic E-state index is -1.56. The maximum Gasteiger partial charge on any atom is 0.488 e. The van der Waals surface area contributed by atoms with Crippen LogP contribution in [0.5, 0.6) is 0 Å². The Kier molecular flexibility index (Phi) is 4.65. The Bertz CT molecular complexity index is 566. The fourth-order valence-electron chi connectivity index (χ4n) is 1.61. The summed E-state index contributed by atoms with van der Waals surface area (Å²) in [6.07, 6.45) is 0. The van der Waals surface area contributed by atoms with Crippen LogP contribution in [-0.2, 0) is 0 Å². The molecule has 0 aromatic heterocycles. The molecule has 6 nitrogen and oxygen atoms in total. The van der Waals surface area contributed by atoms with E-state index < -0.39 is 14.2 Å². The van der Waals surface area contributed by atoms with E-state index in [2.05, 4.69) is 10.2 Å². The van der Waals surface area contributed by atoms with Gasteiger partial charge in [0.05, 0.1) is 11.4 Å². The fourth-order valence-corrected chi connectivity index (χ4v) is 1.61. The number of nitrogens with zero attached hydrogens (tertiary/aromatic N) is 2. The molecule has 0 atom stereocenters. The molecular weight excluding hydrogens is 258 g/mol. The van der Waals surface area contributed by atoms with Crippen molar-refractivity contribution in [1.29, 1.82) is 0 Å². The van der Waals surface area contributed by atoms with E-state index in [1.807, 2.05) is 0 Å². The summed E-state index contributed by atoms with van der Waals surface area (Å²) in [5, 5.41) is 44.2. The highest BCUT2D eigenvalue weighted by Gasteiger charge is 2.11. The van der Waals surface area contributed by atoms with Crippen molar-refractivity contribution >= 4 is 36.5 Å². The van der Waals surface area contributed by atoms with Crippen LogP contribution in [0.25, 0.3) is 0 Å². The summed E-state index contributed by atoms with van der Waals surface area (Å²) in [4.78, 5) is 0. The molecule has 0 aliphatic heterocycles. The largest absolute Gasteiger partial charge is 0.488 e. The molecule has 0 amide bonds. The molecule has 0 bridgehead atoms. The van der Waals surface area contributed by atoms with E-state index in [1.54, 1.807) is 36.4 Å². The van der Waals surface area contributed by atoms with Crippen molar-refractivity contribution in [2.24, 2.45) is 10.2 Å². The summed E-state index contributed by atoms with van der Waals surface area (Å²) in [5.41, 5.74) is 1.57. The van der Waals surface area contributed by atoms with E-state index in [-0.39, 0.29) is 0 Å². The van der Waals surface area contributed by atoms with Gasteiger partial charge in [0, 0.05) is 0 Å². The van der Waals surface area contributed by atoms with Crippen molar-refractivity contribution < 1.29 is 20.1 Å². The lowest BCUT2D eigenvalue weighted by molar-refractivity contribution is 0.424. The van der Waals surface area contributed by atoms with Crippen molar-refractivity contribution in [2.45, 2.75) is 0 Å². The SMILES string of the molecule is OB(O)c1cccc(N=Nc2cccc(B(O)O)c2)c1. The lowest BCUT2D eigenvalue weighted by atomic mass is 9.80. The van der Waals surface area contributed by atoms with Gasteiger partial charge in [-0.1, -0.05) is 24.3 Å². The maximum absolute atomic E-state index is 9.06. The van der Waals surface area contributed by atoms with E-state index in [0.717, 1.165) is 0 Å². The molecule has 0 unspecified atom stereocenters. The monoisotopic (exact) mass is 270 g/mol. The zero-order chi connectivity index (χ0) is 14.5. The van der Waals surface area contributed by atoms with Gasteiger partial charge in [-0.15, -0.1) is 0 Å². The summed E-state index contributed by atoms with van der Waals surface area (Å²) in [6, 6.07) is 12.7. The van der Waals surface area contributed by atoms with Gasteiger partial charge in [0.1, 0.15) is 0 Å². The Labute approximate surface area is 116 Å². The van der Waals surface area contributed by atoms with Crippen LogP contribution < -0.4 is 10.9 Å². The summed E-state index contributed by atoms with van der Waals surface area (Å²) in [5.74, 6) is 0. The predicted octanol–water partition coefficient (Wildman–Crippen LogP) is -0.538. The molecule has 8 heteroatoms. The van der Waals surface area contributed by atoms with E-state index in [0.29, 0.717) is 22.3 Å². The lowest BCUT2D eigenvalue weighted by Gasteiger charge is -2.01. The molecule has 2 rings (SSSR count). The molecule has 2 aromatic rings. The number of rotatable bonds is 4. The van der Waals surface area contributed by atoms with Gasteiger partial charge in [0.25, 0.3) is 0 Å². The third-order valence-corrected chi connectivity index (χ3v) is 2.62. The van der Waals surface area contributed by atoms with Crippen LogP contribution in [0.15, 0.2) is 58.8 Å². The predicted molar refractivity (Wildman–Crippen MR) is 76.7 cm³/mol. The fraction of sp³-hybridized carbons (Fsp3) is 0. The van der Waals surface area contributed by atoms with Crippen molar-refractivity contribution in [3.05, 3.63) is 48.5 Å². The first-order valence-corrected chi connectivity index (χ1v) is 5.90. The Balaban J connectivity index is 2.21. The first-order chi connectivity index (χ1) is 9.56. The van der Waals surface area contributed by atoms with Crippen LogP contribution in [0.1, 0.15) is 0 Å². The summed E-state index contributed by atoms with van der Waals surface area (Å²) in [6.45, 7) is 0. The number of benzene rings is 2. The van der Waals surface area contributed by atoms with Crippen LogP contribution in [0, 0.1) is 0 Å². The van der Waals surface area contributed by atoms with Gasteiger partial charge in [-0.05, 0) is 35.2 Å². The molecule has 0 fully saturated rings. The second kappa shape index (κ2) is 6.44. The van der Waals surface area contributed by atoms with E-state index >= 15 is 0 Å². The van der Waals surface area contributed by atoms with Crippen molar-refractivity contribution in [3.63, 3.8) is 0 Å². The van der Waals surface area contributed by atoms with Crippen LogP contribution in [0.3, 0.4) is 0 Å². The third-order valence-electron chi connectivity index (χ3n) is 2.62. The van der Waals surface area contributed by atoms with Crippen LogP contribution >= 0.6 is 0 Å². The van der Waals surface area contributed by atoms with Gasteiger partial charge < -0.3 is 20.1 Å². The zero-order valence-electron chi connectivity index (χ0n) is 10.5. The molecule has 4 N–H and O–H groups in total. The Morgan fingerprint density at radius 1 is 0.650 bits per heavy atom. The molecule has 0 saturated heterocycles. The zero-order valence-corrected chi connectivity index (χ0v) is 10.5. The third kappa shape index (κ3) is 3.75. The van der Waals surface area contributed by atoms with Crippen molar-refractivity contribution in [3.8, 4) is 0 Å². The topological polar surface area (TPSA) is 106 Å². The second-order valence-electron chi connectivity index (χ2n) is 4.14. The average Bonchev–Trinajstić information content (AvgIpc) is 2.45. The molecule has 0 aliphatic rings. The Morgan fingerprint density at radius 3 is 1.40 bits per heavy atom. The molecule has 100 valence electrons. The van der Waals surface area contributed by atoms with Gasteiger partial charge in [-0.3, -0.25) is 0 Å². The van der Waals surface area contributed by atoms with Crippen LogP contribution in [-0.4, -0.2) is 34.3 Å². The highest BCUT2D eigenvalue weighted by atomic mass is 16.4. The normalized spacial score (nSPS) is 10.8. The minimum absolute atomic E-state index is 0.320. The summed E-state index contributed by atoms with van der Waals surface area (Å²) < 4.78 is 0. The maximum atomic E-state index is 9.06. The molecule has 0 radical (unpaired) electrons. The van der Waals surface area contributed by atoms with E-state index in [4.69, 9.17) is 20.1 Å². The summed E-state index contributed by atoms with van der Waals surface area (Å²) in [7, 11) is -3.11. The molecule has 0 saturated carbocycles. The standard InChI is InChI=1S/C12H12B2N2O4/c17-13(18)9-3-1-5-11(7-9)15-16-12-6-2-4-10(8-12)14(19)20/h1-8,17-20H.